The molecule has 0 aromatic carbocycles. The Bertz CT molecular complexity index is 282. The van der Waals surface area contributed by atoms with Gasteiger partial charge in [0.25, 0.3) is 0 Å². The monoisotopic (exact) mass is 253 g/mol. The van der Waals surface area contributed by atoms with Crippen LogP contribution < -0.4 is 5.32 Å². The van der Waals surface area contributed by atoms with Crippen LogP contribution in [0.25, 0.3) is 0 Å². The van der Waals surface area contributed by atoms with Crippen molar-refractivity contribution in [3.8, 4) is 0 Å². The maximum absolute atomic E-state index is 11.9. The first kappa shape index (κ1) is 13.3. The summed E-state index contributed by atoms with van der Waals surface area (Å²) in [6.07, 6.45) is 6.60. The molecular formula is C13H23N3O2. The Balaban J connectivity index is 1.61. The molecule has 18 heavy (non-hydrogen) atoms. The van der Waals surface area contributed by atoms with E-state index >= 15 is 0 Å². The van der Waals surface area contributed by atoms with Gasteiger partial charge in [0.1, 0.15) is 0 Å². The summed E-state index contributed by atoms with van der Waals surface area (Å²) in [4.78, 5) is 26.1. The van der Waals surface area contributed by atoms with Crippen molar-refractivity contribution < 1.29 is 9.59 Å². The number of nitrogens with one attached hydrogen (secondary N) is 1. The quantitative estimate of drug-likeness (QED) is 0.713. The molecule has 5 heteroatoms. The molecule has 1 aliphatic heterocycles. The topological polar surface area (TPSA) is 52.7 Å². The minimum absolute atomic E-state index is 0.214. The fraction of sp³-hybridized carbons (Fsp3) is 0.846. The molecule has 2 rings (SSSR count). The first-order valence-electron chi connectivity index (χ1n) is 7.00. The van der Waals surface area contributed by atoms with Gasteiger partial charge in [0.2, 0.25) is 12.3 Å². The zero-order chi connectivity index (χ0) is 12.8. The van der Waals surface area contributed by atoms with Gasteiger partial charge in [-0.1, -0.05) is 12.8 Å². The number of carbonyl (C=O) groups excluding carboxylic acids is 2. The van der Waals surface area contributed by atoms with Crippen LogP contribution in [0.2, 0.25) is 0 Å². The van der Waals surface area contributed by atoms with E-state index in [0.717, 1.165) is 13.0 Å². The van der Waals surface area contributed by atoms with E-state index in [4.69, 9.17) is 0 Å². The van der Waals surface area contributed by atoms with Gasteiger partial charge in [-0.2, -0.15) is 0 Å². The molecule has 0 radical (unpaired) electrons. The summed E-state index contributed by atoms with van der Waals surface area (Å²) in [6, 6.07) is 0.629. The van der Waals surface area contributed by atoms with Gasteiger partial charge >= 0.3 is 0 Å². The number of rotatable bonds is 5. The van der Waals surface area contributed by atoms with Crippen molar-refractivity contribution in [3.63, 3.8) is 0 Å². The fourth-order valence-electron chi connectivity index (χ4n) is 2.75. The van der Waals surface area contributed by atoms with Crippen LogP contribution >= 0.6 is 0 Å². The molecule has 0 aromatic rings. The van der Waals surface area contributed by atoms with Crippen LogP contribution in [0, 0.1) is 0 Å². The van der Waals surface area contributed by atoms with E-state index in [2.05, 4.69) is 5.32 Å². The highest BCUT2D eigenvalue weighted by Gasteiger charge is 2.20. The average Bonchev–Trinajstić information content (AvgIpc) is 2.92. The molecule has 0 spiro atoms. The molecule has 0 unspecified atom stereocenters. The zero-order valence-electron chi connectivity index (χ0n) is 10.9. The molecule has 1 aliphatic carbocycles. The Hall–Kier alpha value is -1.10. The van der Waals surface area contributed by atoms with Gasteiger partial charge in [0.15, 0.2) is 0 Å². The van der Waals surface area contributed by atoms with E-state index in [9.17, 15) is 9.59 Å². The molecule has 0 atom stereocenters. The van der Waals surface area contributed by atoms with Crippen LogP contribution in [0.3, 0.4) is 0 Å². The first-order valence-corrected chi connectivity index (χ1v) is 7.00. The summed E-state index contributed by atoms with van der Waals surface area (Å²) in [7, 11) is 0. The predicted octanol–water partition coefficient (Wildman–Crippen LogP) is 0.209. The molecule has 2 amide bonds. The third-order valence-corrected chi connectivity index (χ3v) is 3.94. The molecule has 1 saturated heterocycles. The van der Waals surface area contributed by atoms with E-state index in [0.29, 0.717) is 38.6 Å². The molecule has 5 nitrogen and oxygen atoms in total. The van der Waals surface area contributed by atoms with Crippen LogP contribution in [0.4, 0.5) is 0 Å². The van der Waals surface area contributed by atoms with Gasteiger partial charge in [-0.3, -0.25) is 9.59 Å². The lowest BCUT2D eigenvalue weighted by molar-refractivity contribution is -0.135. The SMILES string of the molecule is O=CN1CCN(C(=O)CCNC2CCCC2)CC1. The molecule has 2 aliphatic rings. The van der Waals surface area contributed by atoms with Gasteiger partial charge in [-0.25, -0.2) is 0 Å². The summed E-state index contributed by atoms with van der Waals surface area (Å²) in [5.41, 5.74) is 0. The van der Waals surface area contributed by atoms with E-state index < -0.39 is 0 Å². The van der Waals surface area contributed by atoms with Gasteiger partial charge < -0.3 is 15.1 Å². The number of nitrogens with zero attached hydrogens (tertiary/aromatic N) is 2. The summed E-state index contributed by atoms with van der Waals surface area (Å²) in [6.45, 7) is 3.50. The molecular weight excluding hydrogens is 230 g/mol. The molecule has 0 bridgehead atoms. The summed E-state index contributed by atoms with van der Waals surface area (Å²) >= 11 is 0. The second-order valence-corrected chi connectivity index (χ2v) is 5.21. The van der Waals surface area contributed by atoms with Crippen molar-refractivity contribution in [1.29, 1.82) is 0 Å². The van der Waals surface area contributed by atoms with Crippen molar-refractivity contribution in [3.05, 3.63) is 0 Å². The van der Waals surface area contributed by atoms with Gasteiger partial charge in [0.05, 0.1) is 0 Å². The van der Waals surface area contributed by atoms with Gasteiger partial charge in [-0.15, -0.1) is 0 Å². The molecule has 1 N–H and O–H groups in total. The van der Waals surface area contributed by atoms with Crippen molar-refractivity contribution in [1.82, 2.24) is 15.1 Å². The third kappa shape index (κ3) is 3.70. The van der Waals surface area contributed by atoms with Crippen LogP contribution in [0.5, 0.6) is 0 Å². The second kappa shape index (κ2) is 6.73. The maximum atomic E-state index is 11.9. The van der Waals surface area contributed by atoms with Crippen LogP contribution in [-0.4, -0.2) is 60.9 Å². The number of carbonyl (C=O) groups is 2. The largest absolute Gasteiger partial charge is 0.342 e. The molecule has 102 valence electrons. The van der Waals surface area contributed by atoms with Gasteiger partial charge in [-0.05, 0) is 12.8 Å². The summed E-state index contributed by atoms with van der Waals surface area (Å²) in [5, 5.41) is 3.46. The minimum Gasteiger partial charge on any atom is -0.342 e. The lowest BCUT2D eigenvalue weighted by atomic mass is 10.2. The minimum atomic E-state index is 0.214. The Labute approximate surface area is 108 Å². The van der Waals surface area contributed by atoms with E-state index in [1.165, 1.54) is 25.7 Å². The Morgan fingerprint density at radius 2 is 1.83 bits per heavy atom. The standard InChI is InChI=1S/C13H23N3O2/c17-11-15-7-9-16(10-8-15)13(18)5-6-14-12-3-1-2-4-12/h11-12,14H,1-10H2. The highest BCUT2D eigenvalue weighted by atomic mass is 16.2. The number of piperazine rings is 1. The second-order valence-electron chi connectivity index (χ2n) is 5.21. The van der Waals surface area contributed by atoms with Crippen LogP contribution in [0.1, 0.15) is 32.1 Å². The van der Waals surface area contributed by atoms with Crippen LogP contribution in [0.15, 0.2) is 0 Å². The molecule has 1 heterocycles. The highest BCUT2D eigenvalue weighted by molar-refractivity contribution is 5.76. The Morgan fingerprint density at radius 1 is 1.17 bits per heavy atom. The number of amides is 2. The fourth-order valence-corrected chi connectivity index (χ4v) is 2.75. The van der Waals surface area contributed by atoms with E-state index in [1.54, 1.807) is 4.90 Å². The van der Waals surface area contributed by atoms with Crippen molar-refractivity contribution in [2.45, 2.75) is 38.1 Å². The Morgan fingerprint density at radius 3 is 2.44 bits per heavy atom. The van der Waals surface area contributed by atoms with E-state index in [1.807, 2.05) is 4.90 Å². The molecule has 0 aromatic heterocycles. The van der Waals surface area contributed by atoms with Gasteiger partial charge in [0, 0.05) is 45.2 Å². The smallest absolute Gasteiger partial charge is 0.223 e. The lowest BCUT2D eigenvalue weighted by Crippen LogP contribution is -2.48. The summed E-state index contributed by atoms with van der Waals surface area (Å²) in [5.74, 6) is 0.214. The molecule has 2 fully saturated rings. The number of hydrogen-bond acceptors (Lipinski definition) is 3. The lowest BCUT2D eigenvalue weighted by Gasteiger charge is -2.32. The maximum Gasteiger partial charge on any atom is 0.223 e. The summed E-state index contributed by atoms with van der Waals surface area (Å²) < 4.78 is 0. The third-order valence-electron chi connectivity index (χ3n) is 3.94. The van der Waals surface area contributed by atoms with E-state index in [-0.39, 0.29) is 5.91 Å². The normalized spacial score (nSPS) is 21.3. The van der Waals surface area contributed by atoms with Crippen molar-refractivity contribution in [2.24, 2.45) is 0 Å². The average molecular weight is 253 g/mol. The Kier molecular flexibility index (Phi) is 4.99. The van der Waals surface area contributed by atoms with Crippen molar-refractivity contribution >= 4 is 12.3 Å². The number of hydrogen-bond donors (Lipinski definition) is 1. The van der Waals surface area contributed by atoms with Crippen LogP contribution in [-0.2, 0) is 9.59 Å². The zero-order valence-corrected chi connectivity index (χ0v) is 10.9. The highest BCUT2D eigenvalue weighted by Crippen LogP contribution is 2.17. The molecule has 1 saturated carbocycles. The first-order chi connectivity index (χ1) is 8.79. The predicted molar refractivity (Wildman–Crippen MR) is 69.1 cm³/mol. The van der Waals surface area contributed by atoms with Crippen molar-refractivity contribution in [2.75, 3.05) is 32.7 Å².